The predicted octanol–water partition coefficient (Wildman–Crippen LogP) is 1.84. The second-order valence-corrected chi connectivity index (χ2v) is 5.18. The van der Waals surface area contributed by atoms with Crippen molar-refractivity contribution in [2.75, 3.05) is 13.7 Å². The number of carbonyl (C=O) groups is 1. The minimum absolute atomic E-state index is 0.0982. The molecule has 0 radical (unpaired) electrons. The van der Waals surface area contributed by atoms with Gasteiger partial charge in [0.05, 0.1) is 41.9 Å². The van der Waals surface area contributed by atoms with Gasteiger partial charge in [-0.3, -0.25) is 4.79 Å². The summed E-state index contributed by atoms with van der Waals surface area (Å²) in [6, 6.07) is 10.0. The molecule has 26 heavy (non-hydrogen) atoms. The van der Waals surface area contributed by atoms with E-state index < -0.39 is 17.1 Å². The molecule has 0 spiro atoms. The Labute approximate surface area is 148 Å². The maximum atomic E-state index is 12.8. The van der Waals surface area contributed by atoms with E-state index in [1.165, 1.54) is 24.1 Å². The maximum absolute atomic E-state index is 12.8. The third kappa shape index (κ3) is 2.86. The lowest BCUT2D eigenvalue weighted by Gasteiger charge is -2.13. The Morgan fingerprint density at radius 1 is 1.35 bits per heavy atom. The quantitative estimate of drug-likeness (QED) is 0.661. The van der Waals surface area contributed by atoms with Crippen LogP contribution in [0.5, 0.6) is 5.88 Å². The van der Waals surface area contributed by atoms with Crippen LogP contribution in [0.2, 0.25) is 0 Å². The number of carbonyl (C=O) groups excluding carboxylic acids is 1. The number of fused-ring (bicyclic) bond motifs is 1. The molecule has 0 fully saturated rings. The van der Waals surface area contributed by atoms with Crippen molar-refractivity contribution >= 4 is 16.9 Å². The molecule has 0 aliphatic rings. The van der Waals surface area contributed by atoms with Crippen LogP contribution in [0.15, 0.2) is 41.3 Å². The van der Waals surface area contributed by atoms with Crippen LogP contribution >= 0.6 is 0 Å². The lowest BCUT2D eigenvalue weighted by atomic mass is 10.1. The molecule has 0 atom stereocenters. The third-order valence-electron chi connectivity index (χ3n) is 3.67. The number of hydrogen-bond acceptors (Lipinski definition) is 7. The number of esters is 1. The van der Waals surface area contributed by atoms with E-state index in [1.807, 2.05) is 6.07 Å². The van der Waals surface area contributed by atoms with E-state index in [1.54, 1.807) is 31.2 Å². The van der Waals surface area contributed by atoms with E-state index in [4.69, 9.17) is 9.47 Å². The van der Waals surface area contributed by atoms with Crippen LogP contribution in [0.3, 0.4) is 0 Å². The average molecular weight is 350 g/mol. The molecule has 0 bridgehead atoms. The highest BCUT2D eigenvalue weighted by Crippen LogP contribution is 2.20. The summed E-state index contributed by atoms with van der Waals surface area (Å²) in [6.45, 7) is 1.73. The topological polar surface area (TPSA) is 107 Å². The molecule has 0 N–H and O–H groups in total. The molecule has 8 heteroatoms. The number of benzene rings is 1. The van der Waals surface area contributed by atoms with Gasteiger partial charge in [0.2, 0.25) is 17.0 Å². The third-order valence-corrected chi connectivity index (χ3v) is 3.67. The molecular weight excluding hydrogens is 336 g/mol. The van der Waals surface area contributed by atoms with Gasteiger partial charge >= 0.3 is 5.97 Å². The number of ether oxygens (including phenoxy) is 2. The van der Waals surface area contributed by atoms with Gasteiger partial charge in [0.25, 0.3) is 0 Å². The van der Waals surface area contributed by atoms with Crippen molar-refractivity contribution in [2.24, 2.45) is 0 Å². The second kappa shape index (κ2) is 7.03. The fourth-order valence-electron chi connectivity index (χ4n) is 2.54. The number of pyridine rings is 1. The van der Waals surface area contributed by atoms with Crippen LogP contribution < -0.4 is 10.2 Å². The Kier molecular flexibility index (Phi) is 4.62. The first kappa shape index (κ1) is 17.1. The van der Waals surface area contributed by atoms with Gasteiger partial charge in [0, 0.05) is 12.3 Å². The summed E-state index contributed by atoms with van der Waals surface area (Å²) < 4.78 is 11.4. The van der Waals surface area contributed by atoms with E-state index in [9.17, 15) is 14.9 Å². The molecule has 3 rings (SSSR count). The second-order valence-electron chi connectivity index (χ2n) is 5.18. The number of methoxy groups -OCH3 is 1. The van der Waals surface area contributed by atoms with Gasteiger partial charge in [-0.25, -0.2) is 14.5 Å². The Bertz CT molecular complexity index is 1100. The zero-order chi connectivity index (χ0) is 18.7. The molecule has 0 unspecified atom stereocenters. The van der Waals surface area contributed by atoms with Crippen molar-refractivity contribution in [1.29, 1.82) is 5.26 Å². The van der Waals surface area contributed by atoms with Crippen LogP contribution in [-0.2, 0) is 4.74 Å². The molecule has 0 aliphatic carbocycles. The summed E-state index contributed by atoms with van der Waals surface area (Å²) in [5.41, 5.74) is 0.0127. The summed E-state index contributed by atoms with van der Waals surface area (Å²) in [5, 5.41) is 13.6. The largest absolute Gasteiger partial charge is 0.481 e. The van der Waals surface area contributed by atoms with E-state index in [2.05, 4.69) is 10.1 Å². The Morgan fingerprint density at radius 2 is 2.15 bits per heavy atom. The van der Waals surface area contributed by atoms with Gasteiger partial charge in [-0.1, -0.05) is 6.07 Å². The predicted molar refractivity (Wildman–Crippen MR) is 92.4 cm³/mol. The molecular formula is C18H14N4O4. The summed E-state index contributed by atoms with van der Waals surface area (Å²) >= 11 is 0. The van der Waals surface area contributed by atoms with Crippen molar-refractivity contribution in [1.82, 2.24) is 14.8 Å². The van der Waals surface area contributed by atoms with Crippen molar-refractivity contribution < 1.29 is 14.3 Å². The summed E-state index contributed by atoms with van der Waals surface area (Å²) in [7, 11) is 1.47. The fraction of sp³-hybridized carbons (Fsp3) is 0.167. The average Bonchev–Trinajstić information content (AvgIpc) is 2.68. The number of aromatic nitrogens is 3. The molecule has 2 heterocycles. The fourth-order valence-corrected chi connectivity index (χ4v) is 2.54. The molecule has 3 aromatic rings. The summed E-state index contributed by atoms with van der Waals surface area (Å²) in [5.74, 6) is -0.507. The van der Waals surface area contributed by atoms with E-state index in [0.29, 0.717) is 17.1 Å². The molecule has 1 aromatic carbocycles. The molecule has 0 saturated heterocycles. The first-order chi connectivity index (χ1) is 12.6. The van der Waals surface area contributed by atoms with Crippen molar-refractivity contribution in [3.05, 3.63) is 58.0 Å². The number of nitrogens with zero attached hydrogens (tertiary/aromatic N) is 4. The highest BCUT2D eigenvalue weighted by Gasteiger charge is 2.21. The number of nitriles is 1. The monoisotopic (exact) mass is 350 g/mol. The van der Waals surface area contributed by atoms with Crippen molar-refractivity contribution in [3.8, 4) is 17.6 Å². The zero-order valence-electron chi connectivity index (χ0n) is 14.1. The van der Waals surface area contributed by atoms with Crippen LogP contribution in [0.4, 0.5) is 0 Å². The number of rotatable bonds is 4. The minimum atomic E-state index is -0.845. The van der Waals surface area contributed by atoms with Crippen LogP contribution in [0.25, 0.3) is 16.6 Å². The lowest BCUT2D eigenvalue weighted by Crippen LogP contribution is -2.24. The van der Waals surface area contributed by atoms with E-state index in [-0.39, 0.29) is 17.6 Å². The van der Waals surface area contributed by atoms with Gasteiger partial charge in [-0.2, -0.15) is 10.4 Å². The highest BCUT2D eigenvalue weighted by atomic mass is 16.5. The van der Waals surface area contributed by atoms with Gasteiger partial charge in [0.1, 0.15) is 0 Å². The molecule has 0 aliphatic heterocycles. The van der Waals surface area contributed by atoms with Crippen molar-refractivity contribution in [3.63, 3.8) is 0 Å². The van der Waals surface area contributed by atoms with Gasteiger partial charge in [-0.05, 0) is 25.1 Å². The standard InChI is InChI=1S/C18H14N4O4/c1-3-26-18(24)16-17(23)15-11(10-19)5-4-6-13(15)22(21-16)12-7-8-20-14(9-12)25-2/h4-9H,3H2,1-2H3. The Balaban J connectivity index is 2.41. The zero-order valence-corrected chi connectivity index (χ0v) is 14.1. The minimum Gasteiger partial charge on any atom is -0.481 e. The molecule has 8 nitrogen and oxygen atoms in total. The molecule has 2 aromatic heterocycles. The first-order valence-electron chi connectivity index (χ1n) is 7.74. The highest BCUT2D eigenvalue weighted by molar-refractivity contribution is 5.94. The SMILES string of the molecule is CCOC(=O)c1nn(-c2ccnc(OC)c2)c2cccc(C#N)c2c1=O. The van der Waals surface area contributed by atoms with Crippen molar-refractivity contribution in [2.45, 2.75) is 6.92 Å². The maximum Gasteiger partial charge on any atom is 0.362 e. The van der Waals surface area contributed by atoms with Gasteiger partial charge in [-0.15, -0.1) is 0 Å². The smallest absolute Gasteiger partial charge is 0.362 e. The first-order valence-corrected chi connectivity index (χ1v) is 7.74. The van der Waals surface area contributed by atoms with Crippen LogP contribution in [0.1, 0.15) is 23.0 Å². The normalized spacial score (nSPS) is 10.3. The lowest BCUT2D eigenvalue weighted by molar-refractivity contribution is 0.0516. The molecule has 0 saturated carbocycles. The summed E-state index contributed by atoms with van der Waals surface area (Å²) in [4.78, 5) is 29.0. The van der Waals surface area contributed by atoms with E-state index in [0.717, 1.165) is 0 Å². The molecule has 0 amide bonds. The Morgan fingerprint density at radius 3 is 2.85 bits per heavy atom. The number of hydrogen-bond donors (Lipinski definition) is 0. The molecule has 130 valence electrons. The summed E-state index contributed by atoms with van der Waals surface area (Å²) in [6.07, 6.45) is 1.51. The van der Waals surface area contributed by atoms with Gasteiger partial charge in [0.15, 0.2) is 0 Å². The Hall–Kier alpha value is -3.73. The van der Waals surface area contributed by atoms with E-state index >= 15 is 0 Å². The van der Waals surface area contributed by atoms with Gasteiger partial charge < -0.3 is 9.47 Å². The van der Waals surface area contributed by atoms with Crippen LogP contribution in [-0.4, -0.2) is 34.5 Å². The van der Waals surface area contributed by atoms with Crippen LogP contribution in [0, 0.1) is 11.3 Å².